The Kier molecular flexibility index (Phi) is 3.11. The molecule has 88 valence electrons. The monoisotopic (exact) mass is 242 g/mol. The van der Waals surface area contributed by atoms with Gasteiger partial charge < -0.3 is 9.84 Å². The zero-order chi connectivity index (χ0) is 13.0. The van der Waals surface area contributed by atoms with Crippen LogP contribution in [0.25, 0.3) is 0 Å². The number of carbonyl (C=O) groups is 1. The summed E-state index contributed by atoms with van der Waals surface area (Å²) in [6.45, 7) is 0. The van der Waals surface area contributed by atoms with Crippen LogP contribution in [0.5, 0.6) is 11.6 Å². The van der Waals surface area contributed by atoms with E-state index in [-0.39, 0.29) is 22.9 Å². The number of aromatic carboxylic acids is 1. The summed E-state index contributed by atoms with van der Waals surface area (Å²) in [5, 5.41) is 17.5. The van der Waals surface area contributed by atoms with Crippen molar-refractivity contribution in [2.24, 2.45) is 0 Å². The Morgan fingerprint density at radius 3 is 2.78 bits per heavy atom. The predicted molar refractivity (Wildman–Crippen MR) is 58.0 cm³/mol. The second-order valence-electron chi connectivity index (χ2n) is 3.13. The first-order valence-electron chi connectivity index (χ1n) is 4.78. The summed E-state index contributed by atoms with van der Waals surface area (Å²) in [5.74, 6) is -0.984. The first-order valence-corrected chi connectivity index (χ1v) is 4.78. The highest BCUT2D eigenvalue weighted by atomic mass is 16.5. The van der Waals surface area contributed by atoms with Gasteiger partial charge in [-0.05, 0) is 6.07 Å². The highest BCUT2D eigenvalue weighted by Gasteiger charge is 2.12. The average Bonchev–Trinajstić information content (AvgIpc) is 2.40. The minimum absolute atomic E-state index is 0.0313. The topological polar surface area (TPSA) is 109 Å². The summed E-state index contributed by atoms with van der Waals surface area (Å²) in [4.78, 5) is 22.3. The van der Waals surface area contributed by atoms with Crippen molar-refractivity contribution in [1.82, 2.24) is 15.0 Å². The van der Waals surface area contributed by atoms with Gasteiger partial charge in [0.2, 0.25) is 5.88 Å². The Labute approximate surface area is 101 Å². The molecule has 0 bridgehead atoms. The largest absolute Gasteiger partial charge is 0.478 e. The van der Waals surface area contributed by atoms with E-state index >= 15 is 0 Å². The maximum atomic E-state index is 10.9. The molecule has 18 heavy (non-hydrogen) atoms. The van der Waals surface area contributed by atoms with Crippen molar-refractivity contribution >= 4 is 5.97 Å². The summed E-state index contributed by atoms with van der Waals surface area (Å²) < 4.78 is 5.24. The Hall–Kier alpha value is -3.01. The van der Waals surface area contributed by atoms with Crippen LogP contribution < -0.4 is 4.74 Å². The number of carboxylic acids is 1. The lowest BCUT2D eigenvalue weighted by atomic mass is 10.2. The molecule has 0 saturated heterocycles. The van der Waals surface area contributed by atoms with E-state index in [2.05, 4.69) is 15.0 Å². The number of nitrogens with zero attached hydrogens (tertiary/aromatic N) is 4. The fourth-order valence-electron chi connectivity index (χ4n) is 1.18. The molecule has 2 heterocycles. The molecule has 0 aliphatic rings. The van der Waals surface area contributed by atoms with E-state index in [1.807, 2.05) is 6.07 Å². The summed E-state index contributed by atoms with van der Waals surface area (Å²) >= 11 is 0. The van der Waals surface area contributed by atoms with Crippen molar-refractivity contribution in [2.45, 2.75) is 0 Å². The number of nitriles is 1. The van der Waals surface area contributed by atoms with Gasteiger partial charge in [-0.15, -0.1) is 0 Å². The summed E-state index contributed by atoms with van der Waals surface area (Å²) in [6, 6.07) is 3.13. The standard InChI is InChI=1S/C11H6N4O3/c12-3-7-4-15-10(6-14-7)18-9-5-13-2-1-8(9)11(16)17/h1-2,4-6H,(H,16,17). The highest BCUT2D eigenvalue weighted by molar-refractivity contribution is 5.90. The third kappa shape index (κ3) is 2.38. The number of hydrogen-bond acceptors (Lipinski definition) is 6. The van der Waals surface area contributed by atoms with Gasteiger partial charge in [-0.25, -0.2) is 14.8 Å². The van der Waals surface area contributed by atoms with Gasteiger partial charge in [0.05, 0.1) is 18.6 Å². The Balaban J connectivity index is 2.28. The van der Waals surface area contributed by atoms with Gasteiger partial charge in [0.25, 0.3) is 0 Å². The molecule has 7 heteroatoms. The molecule has 0 saturated carbocycles. The van der Waals surface area contributed by atoms with Crippen LogP contribution in [-0.2, 0) is 0 Å². The van der Waals surface area contributed by atoms with Crippen molar-refractivity contribution in [3.8, 4) is 17.7 Å². The molecular formula is C11H6N4O3. The summed E-state index contributed by atoms with van der Waals surface area (Å²) in [6.07, 6.45) is 5.08. The van der Waals surface area contributed by atoms with Crippen LogP contribution in [0.3, 0.4) is 0 Å². The van der Waals surface area contributed by atoms with Crippen LogP contribution in [0.2, 0.25) is 0 Å². The lowest BCUT2D eigenvalue weighted by Gasteiger charge is -2.06. The molecule has 2 aromatic rings. The number of ether oxygens (including phenoxy) is 1. The second kappa shape index (κ2) is 4.88. The third-order valence-corrected chi connectivity index (χ3v) is 1.97. The number of aromatic nitrogens is 3. The first kappa shape index (κ1) is 11.5. The second-order valence-corrected chi connectivity index (χ2v) is 3.13. The van der Waals surface area contributed by atoms with Crippen LogP contribution in [0.1, 0.15) is 16.1 Å². The van der Waals surface area contributed by atoms with Crippen LogP contribution in [0.15, 0.2) is 30.9 Å². The lowest BCUT2D eigenvalue weighted by Crippen LogP contribution is -2.01. The van der Waals surface area contributed by atoms with Gasteiger partial charge in [0.15, 0.2) is 11.4 Å². The van der Waals surface area contributed by atoms with E-state index in [0.717, 1.165) is 0 Å². The fourth-order valence-corrected chi connectivity index (χ4v) is 1.18. The molecule has 0 unspecified atom stereocenters. The van der Waals surface area contributed by atoms with Gasteiger partial charge in [-0.3, -0.25) is 4.98 Å². The molecule has 0 amide bonds. The summed E-state index contributed by atoms with van der Waals surface area (Å²) in [7, 11) is 0. The van der Waals surface area contributed by atoms with Crippen molar-refractivity contribution in [2.75, 3.05) is 0 Å². The molecule has 0 fully saturated rings. The van der Waals surface area contributed by atoms with E-state index in [9.17, 15) is 4.79 Å². The van der Waals surface area contributed by atoms with Gasteiger partial charge in [0.1, 0.15) is 11.6 Å². The van der Waals surface area contributed by atoms with E-state index in [0.29, 0.717) is 0 Å². The minimum Gasteiger partial charge on any atom is -0.478 e. The van der Waals surface area contributed by atoms with Gasteiger partial charge in [0, 0.05) is 6.20 Å². The highest BCUT2D eigenvalue weighted by Crippen LogP contribution is 2.22. The predicted octanol–water partition coefficient (Wildman–Crippen LogP) is 1.23. The normalized spacial score (nSPS) is 9.50. The van der Waals surface area contributed by atoms with E-state index in [1.165, 1.54) is 30.9 Å². The zero-order valence-corrected chi connectivity index (χ0v) is 8.94. The molecule has 0 radical (unpaired) electrons. The molecule has 2 rings (SSSR count). The van der Waals surface area contributed by atoms with Gasteiger partial charge in [-0.1, -0.05) is 0 Å². The third-order valence-electron chi connectivity index (χ3n) is 1.97. The maximum Gasteiger partial charge on any atom is 0.339 e. The van der Waals surface area contributed by atoms with Crippen molar-refractivity contribution in [3.63, 3.8) is 0 Å². The molecule has 0 aromatic carbocycles. The number of pyridine rings is 1. The smallest absolute Gasteiger partial charge is 0.339 e. The first-order chi connectivity index (χ1) is 8.70. The van der Waals surface area contributed by atoms with Crippen LogP contribution in [0.4, 0.5) is 0 Å². The molecule has 0 spiro atoms. The Bertz CT molecular complexity index is 619. The summed E-state index contributed by atoms with van der Waals surface area (Å²) in [5.41, 5.74) is 0.114. The van der Waals surface area contributed by atoms with Crippen LogP contribution in [0, 0.1) is 11.3 Å². The SMILES string of the molecule is N#Cc1cnc(Oc2cnccc2C(=O)O)cn1. The van der Waals surface area contributed by atoms with Crippen molar-refractivity contribution in [1.29, 1.82) is 5.26 Å². The van der Waals surface area contributed by atoms with Crippen LogP contribution >= 0.6 is 0 Å². The molecule has 0 atom stereocenters. The minimum atomic E-state index is -1.13. The Morgan fingerprint density at radius 1 is 1.33 bits per heavy atom. The fraction of sp³-hybridized carbons (Fsp3) is 0. The maximum absolute atomic E-state index is 10.9. The van der Waals surface area contributed by atoms with E-state index in [4.69, 9.17) is 15.1 Å². The number of hydrogen-bond donors (Lipinski definition) is 1. The molecule has 2 aromatic heterocycles. The quantitative estimate of drug-likeness (QED) is 0.861. The van der Waals surface area contributed by atoms with E-state index < -0.39 is 5.97 Å². The number of carboxylic acid groups (broad SMARTS) is 1. The molecular weight excluding hydrogens is 236 g/mol. The molecule has 0 aliphatic carbocycles. The Morgan fingerprint density at radius 2 is 2.17 bits per heavy atom. The van der Waals surface area contributed by atoms with E-state index in [1.54, 1.807) is 0 Å². The van der Waals surface area contributed by atoms with Gasteiger partial charge >= 0.3 is 5.97 Å². The average molecular weight is 242 g/mol. The van der Waals surface area contributed by atoms with Crippen molar-refractivity contribution < 1.29 is 14.6 Å². The molecule has 0 aliphatic heterocycles. The van der Waals surface area contributed by atoms with Gasteiger partial charge in [-0.2, -0.15) is 5.26 Å². The molecule has 7 nitrogen and oxygen atoms in total. The lowest BCUT2D eigenvalue weighted by molar-refractivity contribution is 0.0694. The number of rotatable bonds is 3. The van der Waals surface area contributed by atoms with Crippen LogP contribution in [-0.4, -0.2) is 26.0 Å². The molecule has 1 N–H and O–H groups in total. The zero-order valence-electron chi connectivity index (χ0n) is 8.94. The van der Waals surface area contributed by atoms with Crippen molar-refractivity contribution in [3.05, 3.63) is 42.1 Å².